The number of halogens is 3. The van der Waals surface area contributed by atoms with Gasteiger partial charge in [-0.15, -0.1) is 0 Å². The Balaban J connectivity index is 1.45. The van der Waals surface area contributed by atoms with Crippen LogP contribution in [0.15, 0.2) is 48.7 Å². The maximum Gasteiger partial charge on any atom is 0.416 e. The zero-order valence-corrected chi connectivity index (χ0v) is 16.2. The van der Waals surface area contributed by atoms with Gasteiger partial charge in [-0.2, -0.15) is 13.2 Å². The lowest BCUT2D eigenvalue weighted by Gasteiger charge is -2.21. The normalized spacial score (nSPS) is 15.1. The van der Waals surface area contributed by atoms with E-state index < -0.39 is 17.8 Å². The molecule has 3 N–H and O–H groups in total. The SMILES string of the molecule is CN1CC=C(c2ccc3c(NC(=O)Nc4ccc(C(F)(F)F)cc4)c[nH]c3n2)CC1. The summed E-state index contributed by atoms with van der Waals surface area (Å²) in [6.07, 6.45) is 0.310. The summed E-state index contributed by atoms with van der Waals surface area (Å²) in [7, 11) is 2.07. The third-order valence-corrected chi connectivity index (χ3v) is 5.00. The molecule has 1 aliphatic heterocycles. The Labute approximate surface area is 170 Å². The summed E-state index contributed by atoms with van der Waals surface area (Å²) in [5, 5.41) is 5.97. The van der Waals surface area contributed by atoms with Gasteiger partial charge in [-0.3, -0.25) is 0 Å². The number of hydrogen-bond acceptors (Lipinski definition) is 3. The van der Waals surface area contributed by atoms with Crippen molar-refractivity contribution in [3.8, 4) is 0 Å². The topological polar surface area (TPSA) is 73.1 Å². The summed E-state index contributed by atoms with van der Waals surface area (Å²) >= 11 is 0. The van der Waals surface area contributed by atoms with Crippen LogP contribution < -0.4 is 10.6 Å². The summed E-state index contributed by atoms with van der Waals surface area (Å²) in [6.45, 7) is 1.86. The van der Waals surface area contributed by atoms with E-state index in [1.165, 1.54) is 17.7 Å². The number of aromatic nitrogens is 2. The number of H-pyrrole nitrogens is 1. The molecule has 9 heteroatoms. The fraction of sp³-hybridized carbons (Fsp3) is 0.238. The van der Waals surface area contributed by atoms with Crippen LogP contribution in [0, 0.1) is 0 Å². The molecule has 0 saturated carbocycles. The molecule has 0 atom stereocenters. The van der Waals surface area contributed by atoms with Crippen molar-refractivity contribution in [2.45, 2.75) is 12.6 Å². The number of pyridine rings is 1. The van der Waals surface area contributed by atoms with Gasteiger partial charge in [0.1, 0.15) is 5.65 Å². The largest absolute Gasteiger partial charge is 0.416 e. The molecular weight excluding hydrogens is 395 g/mol. The van der Waals surface area contributed by atoms with Gasteiger partial charge in [0.05, 0.1) is 16.9 Å². The Morgan fingerprint density at radius 3 is 2.57 bits per heavy atom. The first-order valence-electron chi connectivity index (χ1n) is 9.41. The van der Waals surface area contributed by atoms with Crippen molar-refractivity contribution < 1.29 is 18.0 Å². The maximum absolute atomic E-state index is 12.6. The van der Waals surface area contributed by atoms with Gasteiger partial charge < -0.3 is 20.5 Å². The lowest BCUT2D eigenvalue weighted by Crippen LogP contribution is -2.23. The van der Waals surface area contributed by atoms with E-state index in [0.717, 1.165) is 42.7 Å². The van der Waals surface area contributed by atoms with E-state index in [0.29, 0.717) is 11.3 Å². The highest BCUT2D eigenvalue weighted by molar-refractivity contribution is 6.05. The number of carbonyl (C=O) groups is 1. The molecule has 0 radical (unpaired) electrons. The highest BCUT2D eigenvalue weighted by atomic mass is 19.4. The molecule has 0 aliphatic carbocycles. The first kappa shape index (κ1) is 20.0. The van der Waals surface area contributed by atoms with E-state index >= 15 is 0 Å². The Hall–Kier alpha value is -3.33. The average molecular weight is 415 g/mol. The number of rotatable bonds is 3. The number of benzene rings is 1. The number of likely N-dealkylation sites (N-methyl/N-ethyl adjacent to an activating group) is 1. The lowest BCUT2D eigenvalue weighted by atomic mass is 10.0. The van der Waals surface area contributed by atoms with Gasteiger partial charge >= 0.3 is 12.2 Å². The van der Waals surface area contributed by atoms with Crippen molar-refractivity contribution in [3.63, 3.8) is 0 Å². The van der Waals surface area contributed by atoms with E-state index in [-0.39, 0.29) is 5.69 Å². The molecule has 3 aromatic rings. The molecule has 156 valence electrons. The maximum atomic E-state index is 12.6. The van der Waals surface area contributed by atoms with E-state index in [4.69, 9.17) is 0 Å². The predicted molar refractivity (Wildman–Crippen MR) is 110 cm³/mol. The number of nitrogens with zero attached hydrogens (tertiary/aromatic N) is 2. The highest BCUT2D eigenvalue weighted by Gasteiger charge is 2.30. The summed E-state index contributed by atoms with van der Waals surface area (Å²) in [5.74, 6) is 0. The molecule has 0 bridgehead atoms. The van der Waals surface area contributed by atoms with Crippen LogP contribution in [0.4, 0.5) is 29.3 Å². The predicted octanol–water partition coefficient (Wildman–Crippen LogP) is 4.94. The van der Waals surface area contributed by atoms with Crippen molar-refractivity contribution >= 4 is 34.0 Å². The monoisotopic (exact) mass is 415 g/mol. The minimum absolute atomic E-state index is 0.259. The quantitative estimate of drug-likeness (QED) is 0.567. The molecule has 0 spiro atoms. The average Bonchev–Trinajstić information content (AvgIpc) is 3.10. The van der Waals surface area contributed by atoms with Crippen LogP contribution in [0.5, 0.6) is 0 Å². The number of urea groups is 1. The van der Waals surface area contributed by atoms with Crippen LogP contribution in [0.2, 0.25) is 0 Å². The molecule has 30 heavy (non-hydrogen) atoms. The third kappa shape index (κ3) is 4.30. The van der Waals surface area contributed by atoms with Gasteiger partial charge in [0.15, 0.2) is 0 Å². The number of fused-ring (bicyclic) bond motifs is 1. The molecule has 1 aromatic carbocycles. The minimum Gasteiger partial charge on any atom is -0.344 e. The Morgan fingerprint density at radius 1 is 1.13 bits per heavy atom. The minimum atomic E-state index is -4.42. The van der Waals surface area contributed by atoms with Crippen LogP contribution in [-0.4, -0.2) is 41.0 Å². The fourth-order valence-corrected chi connectivity index (χ4v) is 3.32. The summed E-state index contributed by atoms with van der Waals surface area (Å²) in [6, 6.07) is 7.52. The van der Waals surface area contributed by atoms with Gasteiger partial charge in [0, 0.05) is 30.4 Å². The van der Waals surface area contributed by atoms with E-state index in [1.54, 1.807) is 6.20 Å². The van der Waals surface area contributed by atoms with Crippen molar-refractivity contribution in [2.24, 2.45) is 0 Å². The van der Waals surface area contributed by atoms with Crippen LogP contribution in [0.3, 0.4) is 0 Å². The Morgan fingerprint density at radius 2 is 1.90 bits per heavy atom. The van der Waals surface area contributed by atoms with E-state index in [1.807, 2.05) is 12.1 Å². The third-order valence-electron chi connectivity index (χ3n) is 5.00. The fourth-order valence-electron chi connectivity index (χ4n) is 3.32. The standard InChI is InChI=1S/C21H20F3N5O/c1-29-10-8-13(9-11-29)17-7-6-16-18(12-25-19(16)27-17)28-20(30)26-15-4-2-14(3-5-15)21(22,23)24/h2-8,12H,9-11H2,1H3,(H,25,27)(H2,26,28,30). The molecular formula is C21H20F3N5O. The number of aromatic amines is 1. The van der Waals surface area contributed by atoms with Gasteiger partial charge in [0.25, 0.3) is 0 Å². The number of anilines is 2. The molecule has 2 amide bonds. The summed E-state index contributed by atoms with van der Waals surface area (Å²) < 4.78 is 37.9. The number of carbonyl (C=O) groups excluding carboxylic acids is 1. The summed E-state index contributed by atoms with van der Waals surface area (Å²) in [4.78, 5) is 22.2. The van der Waals surface area contributed by atoms with Crippen LogP contribution in [0.1, 0.15) is 17.7 Å². The smallest absolute Gasteiger partial charge is 0.344 e. The van der Waals surface area contributed by atoms with Crippen molar-refractivity contribution in [1.29, 1.82) is 0 Å². The second-order valence-corrected chi connectivity index (χ2v) is 7.19. The lowest BCUT2D eigenvalue weighted by molar-refractivity contribution is -0.137. The first-order chi connectivity index (χ1) is 14.3. The highest BCUT2D eigenvalue weighted by Crippen LogP contribution is 2.30. The van der Waals surface area contributed by atoms with Crippen LogP contribution in [0.25, 0.3) is 16.6 Å². The van der Waals surface area contributed by atoms with Crippen molar-refractivity contribution in [1.82, 2.24) is 14.9 Å². The summed E-state index contributed by atoms with van der Waals surface area (Å²) in [5.41, 5.74) is 2.77. The molecule has 4 rings (SSSR count). The van der Waals surface area contributed by atoms with Gasteiger partial charge in [0.2, 0.25) is 0 Å². The van der Waals surface area contributed by atoms with E-state index in [9.17, 15) is 18.0 Å². The molecule has 3 heterocycles. The molecule has 1 aliphatic rings. The zero-order chi connectivity index (χ0) is 21.3. The zero-order valence-electron chi connectivity index (χ0n) is 16.2. The molecule has 6 nitrogen and oxygen atoms in total. The van der Waals surface area contributed by atoms with Crippen molar-refractivity contribution in [3.05, 3.63) is 59.9 Å². The second kappa shape index (κ2) is 7.83. The number of alkyl halides is 3. The van der Waals surface area contributed by atoms with Gasteiger partial charge in [-0.1, -0.05) is 6.08 Å². The molecule has 2 aromatic heterocycles. The Bertz CT molecular complexity index is 1100. The van der Waals surface area contributed by atoms with E-state index in [2.05, 4.69) is 38.6 Å². The number of hydrogen-bond donors (Lipinski definition) is 3. The van der Waals surface area contributed by atoms with Crippen LogP contribution >= 0.6 is 0 Å². The van der Waals surface area contributed by atoms with Crippen molar-refractivity contribution in [2.75, 3.05) is 30.8 Å². The molecule has 0 unspecified atom stereocenters. The number of nitrogens with one attached hydrogen (secondary N) is 3. The first-order valence-corrected chi connectivity index (χ1v) is 9.41. The molecule has 0 saturated heterocycles. The molecule has 0 fully saturated rings. The Kier molecular flexibility index (Phi) is 5.21. The second-order valence-electron chi connectivity index (χ2n) is 7.19. The van der Waals surface area contributed by atoms with Crippen LogP contribution in [-0.2, 0) is 6.18 Å². The van der Waals surface area contributed by atoms with Gasteiger partial charge in [-0.25, -0.2) is 9.78 Å². The van der Waals surface area contributed by atoms with Gasteiger partial charge in [-0.05, 0) is 55.4 Å². The number of amides is 2.